The van der Waals surface area contributed by atoms with Gasteiger partial charge in [-0.15, -0.1) is 0 Å². The highest BCUT2D eigenvalue weighted by Crippen LogP contribution is 2.43. The Morgan fingerprint density at radius 3 is 2.58 bits per heavy atom. The van der Waals surface area contributed by atoms with E-state index in [1.807, 2.05) is 30.5 Å². The quantitative estimate of drug-likeness (QED) is 0.565. The van der Waals surface area contributed by atoms with Crippen LogP contribution in [0.15, 0.2) is 51.9 Å². The lowest BCUT2D eigenvalue weighted by atomic mass is 9.79. The van der Waals surface area contributed by atoms with E-state index in [4.69, 9.17) is 0 Å². The number of anilines is 1. The SMILES string of the molecule is CCN1c2ccc(C=Nc3ccc(Br)cc3)cc2[C@@H](C)CC1(C)C. The zero-order valence-corrected chi connectivity index (χ0v) is 16.5. The number of rotatable bonds is 3. The maximum atomic E-state index is 4.60. The van der Waals surface area contributed by atoms with Crippen molar-refractivity contribution in [3.8, 4) is 0 Å². The van der Waals surface area contributed by atoms with Gasteiger partial charge in [0.1, 0.15) is 0 Å². The summed E-state index contributed by atoms with van der Waals surface area (Å²) < 4.78 is 1.08. The molecule has 0 bridgehead atoms. The van der Waals surface area contributed by atoms with Crippen molar-refractivity contribution in [1.29, 1.82) is 0 Å². The first-order valence-corrected chi connectivity index (χ1v) is 9.41. The molecule has 0 saturated heterocycles. The van der Waals surface area contributed by atoms with Gasteiger partial charge in [0, 0.05) is 28.5 Å². The van der Waals surface area contributed by atoms with Crippen molar-refractivity contribution in [2.45, 2.75) is 45.6 Å². The first kappa shape index (κ1) is 17.2. The van der Waals surface area contributed by atoms with Gasteiger partial charge in [-0.25, -0.2) is 0 Å². The molecule has 1 atom stereocenters. The molecule has 2 nitrogen and oxygen atoms in total. The van der Waals surface area contributed by atoms with E-state index < -0.39 is 0 Å². The molecule has 0 N–H and O–H groups in total. The summed E-state index contributed by atoms with van der Waals surface area (Å²) in [6.45, 7) is 10.3. The van der Waals surface area contributed by atoms with Crippen LogP contribution >= 0.6 is 15.9 Å². The van der Waals surface area contributed by atoms with Gasteiger partial charge in [-0.3, -0.25) is 4.99 Å². The van der Waals surface area contributed by atoms with Crippen LogP contribution in [0.4, 0.5) is 11.4 Å². The molecule has 0 saturated carbocycles. The molecule has 1 aliphatic heterocycles. The number of nitrogens with zero attached hydrogens (tertiary/aromatic N) is 2. The summed E-state index contributed by atoms with van der Waals surface area (Å²) in [5, 5.41) is 0. The highest BCUT2D eigenvalue weighted by molar-refractivity contribution is 9.10. The Labute approximate surface area is 153 Å². The fourth-order valence-corrected chi connectivity index (χ4v) is 4.13. The van der Waals surface area contributed by atoms with Crippen molar-refractivity contribution >= 4 is 33.5 Å². The highest BCUT2D eigenvalue weighted by Gasteiger charge is 2.35. The molecular formula is C21H25BrN2. The normalized spacial score (nSPS) is 19.5. The lowest BCUT2D eigenvalue weighted by Gasteiger charge is -2.47. The third-order valence-corrected chi connectivity index (χ3v) is 5.44. The van der Waals surface area contributed by atoms with Crippen LogP contribution in [-0.4, -0.2) is 18.3 Å². The molecule has 3 heteroatoms. The fourth-order valence-electron chi connectivity index (χ4n) is 3.86. The second-order valence-corrected chi connectivity index (χ2v) is 8.13. The van der Waals surface area contributed by atoms with Crippen molar-refractivity contribution in [1.82, 2.24) is 0 Å². The van der Waals surface area contributed by atoms with Crippen molar-refractivity contribution < 1.29 is 0 Å². The summed E-state index contributed by atoms with van der Waals surface area (Å²) in [5.74, 6) is 0.568. The zero-order chi connectivity index (χ0) is 17.3. The summed E-state index contributed by atoms with van der Waals surface area (Å²) in [5.41, 5.74) is 5.17. The Kier molecular flexibility index (Phi) is 4.82. The second-order valence-electron chi connectivity index (χ2n) is 7.21. The minimum atomic E-state index is 0.216. The maximum Gasteiger partial charge on any atom is 0.0630 e. The summed E-state index contributed by atoms with van der Waals surface area (Å²) in [6, 6.07) is 14.8. The molecule has 1 heterocycles. The van der Waals surface area contributed by atoms with E-state index >= 15 is 0 Å². The van der Waals surface area contributed by atoms with Crippen LogP contribution < -0.4 is 4.90 Å². The highest BCUT2D eigenvalue weighted by atomic mass is 79.9. The van der Waals surface area contributed by atoms with E-state index in [-0.39, 0.29) is 5.54 Å². The number of aliphatic imine (C=N–C) groups is 1. The van der Waals surface area contributed by atoms with E-state index in [2.05, 4.69) is 71.7 Å². The first-order chi connectivity index (χ1) is 11.4. The molecule has 0 aliphatic carbocycles. The van der Waals surface area contributed by atoms with Gasteiger partial charge in [0.15, 0.2) is 0 Å². The molecule has 0 amide bonds. The molecule has 3 rings (SSSR count). The summed E-state index contributed by atoms with van der Waals surface area (Å²) >= 11 is 3.45. The summed E-state index contributed by atoms with van der Waals surface area (Å²) in [7, 11) is 0. The number of halogens is 1. The van der Waals surface area contributed by atoms with Gasteiger partial charge in [-0.05, 0) is 80.6 Å². The Hall–Kier alpha value is -1.61. The molecule has 2 aromatic carbocycles. The average molecular weight is 385 g/mol. The number of hydrogen-bond acceptors (Lipinski definition) is 2. The van der Waals surface area contributed by atoms with Gasteiger partial charge in [-0.2, -0.15) is 0 Å². The van der Waals surface area contributed by atoms with Crippen LogP contribution in [0, 0.1) is 0 Å². The molecule has 0 radical (unpaired) electrons. The molecular weight excluding hydrogens is 360 g/mol. The molecule has 0 aromatic heterocycles. The van der Waals surface area contributed by atoms with Crippen LogP contribution in [0.1, 0.15) is 51.2 Å². The van der Waals surface area contributed by atoms with Gasteiger partial charge in [0.2, 0.25) is 0 Å². The number of fused-ring (bicyclic) bond motifs is 1. The first-order valence-electron chi connectivity index (χ1n) is 8.62. The third kappa shape index (κ3) is 3.41. The summed E-state index contributed by atoms with van der Waals surface area (Å²) in [6.07, 6.45) is 3.15. The Morgan fingerprint density at radius 2 is 1.92 bits per heavy atom. The molecule has 2 aromatic rings. The molecule has 0 spiro atoms. The van der Waals surface area contributed by atoms with Gasteiger partial charge in [0.05, 0.1) is 5.69 Å². The summed E-state index contributed by atoms with van der Waals surface area (Å²) in [4.78, 5) is 7.13. The lowest BCUT2D eigenvalue weighted by molar-refractivity contribution is 0.381. The Morgan fingerprint density at radius 1 is 1.21 bits per heavy atom. The number of benzene rings is 2. The van der Waals surface area contributed by atoms with Crippen molar-refractivity contribution in [2.75, 3.05) is 11.4 Å². The van der Waals surface area contributed by atoms with E-state index in [1.165, 1.54) is 23.2 Å². The van der Waals surface area contributed by atoms with Gasteiger partial charge >= 0.3 is 0 Å². The van der Waals surface area contributed by atoms with Gasteiger partial charge < -0.3 is 4.90 Å². The van der Waals surface area contributed by atoms with E-state index in [0.717, 1.165) is 16.7 Å². The number of hydrogen-bond donors (Lipinski definition) is 0. The topological polar surface area (TPSA) is 15.6 Å². The fraction of sp³-hybridized carbons (Fsp3) is 0.381. The van der Waals surface area contributed by atoms with Gasteiger partial charge in [-0.1, -0.05) is 28.9 Å². The molecule has 0 fully saturated rings. The van der Waals surface area contributed by atoms with Crippen molar-refractivity contribution in [3.63, 3.8) is 0 Å². The smallest absolute Gasteiger partial charge is 0.0630 e. The largest absolute Gasteiger partial charge is 0.366 e. The Balaban J connectivity index is 1.91. The second kappa shape index (κ2) is 6.72. The minimum Gasteiger partial charge on any atom is -0.366 e. The zero-order valence-electron chi connectivity index (χ0n) is 14.9. The Bertz CT molecular complexity index is 747. The van der Waals surface area contributed by atoms with E-state index in [1.54, 1.807) is 0 Å². The monoisotopic (exact) mass is 384 g/mol. The molecule has 24 heavy (non-hydrogen) atoms. The average Bonchev–Trinajstić information content (AvgIpc) is 2.54. The maximum absolute atomic E-state index is 4.60. The molecule has 126 valence electrons. The molecule has 0 unspecified atom stereocenters. The van der Waals surface area contributed by atoms with Crippen LogP contribution in [0.25, 0.3) is 0 Å². The minimum absolute atomic E-state index is 0.216. The van der Waals surface area contributed by atoms with E-state index in [9.17, 15) is 0 Å². The van der Waals surface area contributed by atoms with Crippen LogP contribution in [0.3, 0.4) is 0 Å². The molecule has 1 aliphatic rings. The third-order valence-electron chi connectivity index (χ3n) is 4.92. The van der Waals surface area contributed by atoms with E-state index in [0.29, 0.717) is 5.92 Å². The van der Waals surface area contributed by atoms with Crippen molar-refractivity contribution in [3.05, 3.63) is 58.1 Å². The van der Waals surface area contributed by atoms with Crippen LogP contribution in [0.5, 0.6) is 0 Å². The lowest BCUT2D eigenvalue weighted by Crippen LogP contribution is -2.48. The predicted octanol–water partition coefficient (Wildman–Crippen LogP) is 6.31. The van der Waals surface area contributed by atoms with Crippen LogP contribution in [-0.2, 0) is 0 Å². The standard InChI is InChI=1S/C21H25BrN2/c1-5-24-20-11-6-16(12-19(20)15(2)13-21(24,3)4)14-23-18-9-7-17(22)8-10-18/h6-12,14-15H,5,13H2,1-4H3/t15-/m0/s1. The van der Waals surface area contributed by atoms with Crippen molar-refractivity contribution in [2.24, 2.45) is 4.99 Å². The van der Waals surface area contributed by atoms with Crippen LogP contribution in [0.2, 0.25) is 0 Å². The van der Waals surface area contributed by atoms with Gasteiger partial charge in [0.25, 0.3) is 0 Å². The predicted molar refractivity (Wildman–Crippen MR) is 108 cm³/mol.